The molecule has 2 aliphatic heterocycles. The van der Waals surface area contributed by atoms with Crippen molar-refractivity contribution in [2.45, 2.75) is 79.6 Å². The second-order valence-corrected chi connectivity index (χ2v) is 6.99. The molecule has 0 amide bonds. The van der Waals surface area contributed by atoms with Gasteiger partial charge >= 0.3 is 16.5 Å². The first-order chi connectivity index (χ1) is 10.2. The summed E-state index contributed by atoms with van der Waals surface area (Å²) in [5, 5.41) is 0. The molecular formula is C18H34N4Ni. The molecule has 23 heavy (non-hydrogen) atoms. The minimum absolute atomic E-state index is 0. The van der Waals surface area contributed by atoms with E-state index in [1.54, 1.807) is 0 Å². The Morgan fingerprint density at radius 2 is 0.652 bits per heavy atom. The van der Waals surface area contributed by atoms with Crippen LogP contribution in [0.4, 0.5) is 0 Å². The van der Waals surface area contributed by atoms with Gasteiger partial charge in [0.1, 0.15) is 0 Å². The molecule has 0 aliphatic carbocycles. The van der Waals surface area contributed by atoms with Crippen LogP contribution in [0.5, 0.6) is 0 Å². The summed E-state index contributed by atoms with van der Waals surface area (Å²) in [6.07, 6.45) is 8.46. The van der Waals surface area contributed by atoms with E-state index < -0.39 is 0 Å². The predicted octanol–water partition coefficient (Wildman–Crippen LogP) is 4.02. The molecular weight excluding hydrogens is 331 g/mol. The molecule has 0 aromatic heterocycles. The van der Waals surface area contributed by atoms with Crippen LogP contribution in [0.15, 0.2) is 24.8 Å². The van der Waals surface area contributed by atoms with Gasteiger partial charge in [-0.2, -0.15) is 13.3 Å². The Kier molecular flexibility index (Phi) is 9.76. The van der Waals surface area contributed by atoms with Crippen molar-refractivity contribution in [1.29, 1.82) is 0 Å². The summed E-state index contributed by atoms with van der Waals surface area (Å²) in [4.78, 5) is 8.83. The second kappa shape index (κ2) is 10.1. The maximum Gasteiger partial charge on any atom is 2.00 e. The first kappa shape index (κ1) is 22.2. The molecule has 5 heteroatoms. The van der Waals surface area contributed by atoms with Crippen LogP contribution in [0.3, 0.4) is 0 Å². The van der Waals surface area contributed by atoms with Crippen LogP contribution in [0.25, 0.3) is 0 Å². The van der Waals surface area contributed by atoms with Crippen molar-refractivity contribution < 1.29 is 16.5 Å². The summed E-state index contributed by atoms with van der Waals surface area (Å²) in [7, 11) is 0. The molecule has 2 rings (SSSR count). The van der Waals surface area contributed by atoms with Gasteiger partial charge in [0.05, 0.1) is 0 Å². The molecule has 0 spiro atoms. The van der Waals surface area contributed by atoms with Gasteiger partial charge < -0.3 is 19.6 Å². The molecule has 2 heterocycles. The van der Waals surface area contributed by atoms with Crippen LogP contribution in [0, 0.1) is 13.3 Å². The average Bonchev–Trinajstić information content (AvgIpc) is 3.09. The van der Waals surface area contributed by atoms with E-state index in [9.17, 15) is 0 Å². The van der Waals surface area contributed by atoms with Gasteiger partial charge in [0.2, 0.25) is 0 Å². The standard InChI is InChI=1S/2C9H17N2.Ni/c2*1-8(2)10-5-6-11(7-10)9(3)4;/h2*5-9H,1-4H3;/q2*-1;+2. The van der Waals surface area contributed by atoms with E-state index in [0.29, 0.717) is 24.2 Å². The third kappa shape index (κ3) is 7.07. The maximum atomic E-state index is 2.21. The molecule has 0 atom stereocenters. The molecule has 0 unspecified atom stereocenters. The normalized spacial score (nSPS) is 16.9. The number of rotatable bonds is 4. The zero-order valence-corrected chi connectivity index (χ0v) is 16.9. The Morgan fingerprint density at radius 1 is 0.478 bits per heavy atom. The van der Waals surface area contributed by atoms with Gasteiger partial charge in [-0.15, -0.1) is 0 Å². The maximum absolute atomic E-state index is 2.21. The second-order valence-electron chi connectivity index (χ2n) is 6.99. The van der Waals surface area contributed by atoms with Gasteiger partial charge in [-0.05, 0) is 104 Å². The van der Waals surface area contributed by atoms with Crippen LogP contribution in [-0.2, 0) is 16.5 Å². The Hall–Kier alpha value is -0.826. The zero-order valence-electron chi connectivity index (χ0n) is 15.9. The van der Waals surface area contributed by atoms with Crippen LogP contribution in [0.2, 0.25) is 0 Å². The van der Waals surface area contributed by atoms with E-state index in [0.717, 1.165) is 0 Å². The van der Waals surface area contributed by atoms with Crippen LogP contribution >= 0.6 is 0 Å². The Morgan fingerprint density at radius 3 is 0.739 bits per heavy atom. The van der Waals surface area contributed by atoms with Gasteiger partial charge in [-0.3, -0.25) is 0 Å². The fraction of sp³-hybridized carbons (Fsp3) is 0.667. The minimum atomic E-state index is 0. The van der Waals surface area contributed by atoms with Crippen molar-refractivity contribution >= 4 is 0 Å². The molecule has 0 N–H and O–H groups in total. The Balaban J connectivity index is 0.000000403. The zero-order chi connectivity index (χ0) is 16.9. The van der Waals surface area contributed by atoms with Gasteiger partial charge in [0, 0.05) is 0 Å². The van der Waals surface area contributed by atoms with E-state index in [4.69, 9.17) is 0 Å². The molecule has 2 aliphatic rings. The third-order valence-electron chi connectivity index (χ3n) is 3.74. The van der Waals surface area contributed by atoms with Gasteiger partial charge in [0.25, 0.3) is 0 Å². The third-order valence-corrected chi connectivity index (χ3v) is 3.74. The number of hydrogen-bond donors (Lipinski definition) is 0. The minimum Gasteiger partial charge on any atom is -0.506 e. The van der Waals surface area contributed by atoms with Crippen molar-refractivity contribution in [3.8, 4) is 0 Å². The Labute approximate surface area is 154 Å². The summed E-state index contributed by atoms with van der Waals surface area (Å²) in [5.41, 5.74) is 0. The van der Waals surface area contributed by atoms with Crippen molar-refractivity contribution in [2.24, 2.45) is 0 Å². The van der Waals surface area contributed by atoms with Crippen LogP contribution in [-0.4, -0.2) is 43.8 Å². The van der Waals surface area contributed by atoms with Gasteiger partial charge in [-0.1, -0.05) is 0 Å². The SMILES string of the molecule is CC(C)N1C=CN(C(C)C)[CH-]1.CC(C)N1C=CN(C(C)C)[CH-]1.[Ni+2]. The molecule has 0 bridgehead atoms. The molecule has 0 fully saturated rings. The predicted molar refractivity (Wildman–Crippen MR) is 94.8 cm³/mol. The summed E-state index contributed by atoms with van der Waals surface area (Å²) < 4.78 is 0. The molecule has 4 nitrogen and oxygen atoms in total. The van der Waals surface area contributed by atoms with Crippen LogP contribution < -0.4 is 0 Å². The molecule has 0 aromatic rings. The summed E-state index contributed by atoms with van der Waals surface area (Å²) in [6.45, 7) is 21.8. The fourth-order valence-electron chi connectivity index (χ4n) is 1.99. The van der Waals surface area contributed by atoms with Crippen molar-refractivity contribution in [3.05, 3.63) is 38.1 Å². The Bertz CT molecular complexity index is 309. The quantitative estimate of drug-likeness (QED) is 0.551. The van der Waals surface area contributed by atoms with E-state index in [-0.39, 0.29) is 16.5 Å². The molecule has 136 valence electrons. The molecule has 0 saturated carbocycles. The number of hydrogen-bond acceptors (Lipinski definition) is 4. The first-order valence-corrected chi connectivity index (χ1v) is 8.38. The van der Waals surface area contributed by atoms with Gasteiger partial charge in [-0.25, -0.2) is 0 Å². The van der Waals surface area contributed by atoms with Crippen molar-refractivity contribution in [2.75, 3.05) is 0 Å². The van der Waals surface area contributed by atoms with E-state index in [1.807, 2.05) is 0 Å². The van der Waals surface area contributed by atoms with Gasteiger partial charge in [0.15, 0.2) is 0 Å². The average molecular weight is 365 g/mol. The fourth-order valence-corrected chi connectivity index (χ4v) is 1.99. The van der Waals surface area contributed by atoms with E-state index in [1.165, 1.54) is 0 Å². The topological polar surface area (TPSA) is 13.0 Å². The number of nitrogens with zero attached hydrogens (tertiary/aromatic N) is 4. The summed E-state index contributed by atoms with van der Waals surface area (Å²) in [6, 6.07) is 2.26. The summed E-state index contributed by atoms with van der Waals surface area (Å²) in [5.74, 6) is 0. The smallest absolute Gasteiger partial charge is 0.506 e. The van der Waals surface area contributed by atoms with E-state index in [2.05, 4.69) is 113 Å². The van der Waals surface area contributed by atoms with E-state index >= 15 is 0 Å². The van der Waals surface area contributed by atoms with Crippen molar-refractivity contribution in [1.82, 2.24) is 19.6 Å². The first-order valence-electron chi connectivity index (χ1n) is 8.38. The molecule has 0 saturated heterocycles. The largest absolute Gasteiger partial charge is 2.00 e. The molecule has 0 radical (unpaired) electrons. The van der Waals surface area contributed by atoms with Crippen LogP contribution in [0.1, 0.15) is 55.4 Å². The van der Waals surface area contributed by atoms with Crippen molar-refractivity contribution in [3.63, 3.8) is 0 Å². The monoisotopic (exact) mass is 364 g/mol. The molecule has 0 aromatic carbocycles. The summed E-state index contributed by atoms with van der Waals surface area (Å²) >= 11 is 0.